The van der Waals surface area contributed by atoms with Crippen molar-refractivity contribution in [2.24, 2.45) is 5.73 Å². The Kier molecular flexibility index (Phi) is 5.92. The number of hydrogen-bond donors (Lipinski definition) is 1. The summed E-state index contributed by atoms with van der Waals surface area (Å²) in [5.41, 5.74) is 6.64. The summed E-state index contributed by atoms with van der Waals surface area (Å²) in [4.78, 5) is 13.8. The summed E-state index contributed by atoms with van der Waals surface area (Å²) in [6.45, 7) is 1.34. The van der Waals surface area contributed by atoms with Crippen molar-refractivity contribution in [3.8, 4) is 11.8 Å². The Bertz CT molecular complexity index is 460. The van der Waals surface area contributed by atoms with Crippen LogP contribution in [0.5, 0.6) is 0 Å². The van der Waals surface area contributed by atoms with Gasteiger partial charge in [-0.25, -0.2) is 0 Å². The van der Waals surface area contributed by atoms with Crippen molar-refractivity contribution in [3.63, 3.8) is 0 Å². The zero-order chi connectivity index (χ0) is 13.4. The van der Waals surface area contributed by atoms with Gasteiger partial charge < -0.3 is 15.4 Å². The highest BCUT2D eigenvalue weighted by molar-refractivity contribution is 5.96. The molecule has 0 saturated carbocycles. The van der Waals surface area contributed by atoms with E-state index in [1.54, 1.807) is 25.1 Å². The zero-order valence-corrected chi connectivity index (χ0v) is 10.8. The molecule has 96 valence electrons. The molecule has 1 aromatic carbocycles. The minimum atomic E-state index is -0.0611. The van der Waals surface area contributed by atoms with E-state index in [1.165, 1.54) is 0 Å². The van der Waals surface area contributed by atoms with E-state index in [4.69, 9.17) is 10.5 Å². The number of nitrogens with zero attached hydrogens (tertiary/aromatic N) is 1. The molecule has 2 N–H and O–H groups in total. The van der Waals surface area contributed by atoms with Crippen molar-refractivity contribution in [2.45, 2.75) is 0 Å². The fourth-order valence-electron chi connectivity index (χ4n) is 1.46. The van der Waals surface area contributed by atoms with Crippen LogP contribution in [0.2, 0.25) is 0 Å². The van der Waals surface area contributed by atoms with Gasteiger partial charge in [0.05, 0.1) is 18.7 Å². The molecule has 0 radical (unpaired) electrons. The maximum Gasteiger partial charge on any atom is 0.254 e. The number of hydrogen-bond acceptors (Lipinski definition) is 3. The van der Waals surface area contributed by atoms with E-state index in [9.17, 15) is 4.79 Å². The number of carbonyl (C=O) groups excluding carboxylic acids is 1. The number of nitrogens with two attached hydrogens (primary N) is 1. The summed E-state index contributed by atoms with van der Waals surface area (Å²) in [5, 5.41) is 0. The van der Waals surface area contributed by atoms with Gasteiger partial charge in [0.1, 0.15) is 0 Å². The van der Waals surface area contributed by atoms with Crippen molar-refractivity contribution < 1.29 is 9.53 Å². The molecule has 0 spiro atoms. The van der Waals surface area contributed by atoms with Crippen molar-refractivity contribution in [1.29, 1.82) is 0 Å². The monoisotopic (exact) mass is 246 g/mol. The fraction of sp³-hybridized carbons (Fsp3) is 0.357. The molecule has 0 unspecified atom stereocenters. The standard InChI is InChI=1S/C14H18N2O2/c1-16(10-11-18-2)14(17)13-8-4-3-6-12(13)7-5-9-15/h3-4,6,8H,9-11,15H2,1-2H3. The average molecular weight is 246 g/mol. The minimum Gasteiger partial charge on any atom is -0.383 e. The molecular formula is C14H18N2O2. The highest BCUT2D eigenvalue weighted by Crippen LogP contribution is 2.10. The molecule has 4 heteroatoms. The van der Waals surface area contributed by atoms with Crippen LogP contribution in [0.15, 0.2) is 24.3 Å². The van der Waals surface area contributed by atoms with Crippen LogP contribution in [-0.2, 0) is 4.74 Å². The maximum absolute atomic E-state index is 12.2. The van der Waals surface area contributed by atoms with E-state index < -0.39 is 0 Å². The molecule has 0 bridgehead atoms. The number of carbonyl (C=O) groups is 1. The minimum absolute atomic E-state index is 0.0611. The molecule has 0 atom stereocenters. The van der Waals surface area contributed by atoms with Crippen LogP contribution in [0.25, 0.3) is 0 Å². The van der Waals surface area contributed by atoms with Gasteiger partial charge in [0.2, 0.25) is 0 Å². The first-order valence-electron chi connectivity index (χ1n) is 5.73. The van der Waals surface area contributed by atoms with E-state index in [-0.39, 0.29) is 12.5 Å². The number of amides is 1. The van der Waals surface area contributed by atoms with Gasteiger partial charge in [0, 0.05) is 26.3 Å². The van der Waals surface area contributed by atoms with Crippen LogP contribution in [-0.4, -0.2) is 44.7 Å². The Morgan fingerprint density at radius 3 is 2.83 bits per heavy atom. The summed E-state index contributed by atoms with van der Waals surface area (Å²) in [6.07, 6.45) is 0. The lowest BCUT2D eigenvalue weighted by atomic mass is 10.1. The van der Waals surface area contributed by atoms with E-state index in [1.807, 2.05) is 18.2 Å². The molecule has 0 aliphatic rings. The van der Waals surface area contributed by atoms with Crippen LogP contribution in [0.3, 0.4) is 0 Å². The van der Waals surface area contributed by atoms with Gasteiger partial charge in [0.15, 0.2) is 0 Å². The molecule has 1 amide bonds. The first-order chi connectivity index (χ1) is 8.70. The van der Waals surface area contributed by atoms with E-state index >= 15 is 0 Å². The third-order valence-electron chi connectivity index (χ3n) is 2.46. The Labute approximate surface area is 108 Å². The first-order valence-corrected chi connectivity index (χ1v) is 5.73. The Balaban J connectivity index is 2.91. The lowest BCUT2D eigenvalue weighted by molar-refractivity contribution is 0.0744. The molecule has 1 rings (SSSR count). The third kappa shape index (κ3) is 3.88. The smallest absolute Gasteiger partial charge is 0.254 e. The molecule has 4 nitrogen and oxygen atoms in total. The van der Waals surface area contributed by atoms with Gasteiger partial charge in [0.25, 0.3) is 5.91 Å². The molecular weight excluding hydrogens is 228 g/mol. The topological polar surface area (TPSA) is 55.6 Å². The van der Waals surface area contributed by atoms with Gasteiger partial charge in [-0.1, -0.05) is 24.0 Å². The second kappa shape index (κ2) is 7.49. The molecule has 0 aromatic heterocycles. The SMILES string of the molecule is COCCN(C)C(=O)c1ccccc1C#CCN. The maximum atomic E-state index is 12.2. The predicted molar refractivity (Wildman–Crippen MR) is 71.2 cm³/mol. The van der Waals surface area contributed by atoms with Gasteiger partial charge in [-0.15, -0.1) is 0 Å². The van der Waals surface area contributed by atoms with E-state index in [0.717, 1.165) is 0 Å². The molecule has 0 aliphatic heterocycles. The Morgan fingerprint density at radius 2 is 2.17 bits per heavy atom. The number of benzene rings is 1. The summed E-state index contributed by atoms with van der Waals surface area (Å²) in [6, 6.07) is 7.27. The lowest BCUT2D eigenvalue weighted by Crippen LogP contribution is -2.30. The summed E-state index contributed by atoms with van der Waals surface area (Å²) < 4.78 is 4.96. The predicted octanol–water partition coefficient (Wildman–Crippen LogP) is 0.715. The van der Waals surface area contributed by atoms with Crippen molar-refractivity contribution in [1.82, 2.24) is 4.90 Å². The number of rotatable bonds is 4. The molecule has 0 saturated heterocycles. The van der Waals surface area contributed by atoms with Crippen molar-refractivity contribution in [3.05, 3.63) is 35.4 Å². The van der Waals surface area contributed by atoms with Gasteiger partial charge >= 0.3 is 0 Å². The molecule has 0 aliphatic carbocycles. The van der Waals surface area contributed by atoms with E-state index in [0.29, 0.717) is 24.3 Å². The molecule has 0 fully saturated rings. The van der Waals surface area contributed by atoms with E-state index in [2.05, 4.69) is 11.8 Å². The fourth-order valence-corrected chi connectivity index (χ4v) is 1.46. The largest absolute Gasteiger partial charge is 0.383 e. The average Bonchev–Trinajstić information content (AvgIpc) is 2.42. The van der Waals surface area contributed by atoms with Crippen LogP contribution in [0.1, 0.15) is 15.9 Å². The number of methoxy groups -OCH3 is 1. The van der Waals surface area contributed by atoms with Crippen LogP contribution >= 0.6 is 0 Å². The van der Waals surface area contributed by atoms with Crippen LogP contribution in [0, 0.1) is 11.8 Å². The van der Waals surface area contributed by atoms with Gasteiger partial charge in [-0.2, -0.15) is 0 Å². The normalized spacial score (nSPS) is 9.50. The quantitative estimate of drug-likeness (QED) is 0.796. The molecule has 1 aromatic rings. The Morgan fingerprint density at radius 1 is 1.44 bits per heavy atom. The summed E-state index contributed by atoms with van der Waals surface area (Å²) in [7, 11) is 3.35. The first kappa shape index (κ1) is 14.2. The van der Waals surface area contributed by atoms with Crippen molar-refractivity contribution in [2.75, 3.05) is 33.9 Å². The van der Waals surface area contributed by atoms with Gasteiger partial charge in [-0.05, 0) is 12.1 Å². The second-order valence-electron chi connectivity index (χ2n) is 3.77. The third-order valence-corrected chi connectivity index (χ3v) is 2.46. The highest BCUT2D eigenvalue weighted by atomic mass is 16.5. The lowest BCUT2D eigenvalue weighted by Gasteiger charge is -2.17. The summed E-state index contributed by atoms with van der Waals surface area (Å²) in [5.74, 6) is 5.61. The van der Waals surface area contributed by atoms with Crippen molar-refractivity contribution >= 4 is 5.91 Å². The summed E-state index contributed by atoms with van der Waals surface area (Å²) >= 11 is 0. The number of likely N-dealkylation sites (N-methyl/N-ethyl adjacent to an activating group) is 1. The Hall–Kier alpha value is -1.83. The van der Waals surface area contributed by atoms with Gasteiger partial charge in [-0.3, -0.25) is 4.79 Å². The zero-order valence-electron chi connectivity index (χ0n) is 10.8. The molecule has 18 heavy (non-hydrogen) atoms. The van der Waals surface area contributed by atoms with Crippen LogP contribution < -0.4 is 5.73 Å². The highest BCUT2D eigenvalue weighted by Gasteiger charge is 2.13. The molecule has 0 heterocycles. The second-order valence-corrected chi connectivity index (χ2v) is 3.77. The van der Waals surface area contributed by atoms with Crippen LogP contribution in [0.4, 0.5) is 0 Å². The number of ether oxygens (including phenoxy) is 1.